The summed E-state index contributed by atoms with van der Waals surface area (Å²) in [4.78, 5) is 16.0. The van der Waals surface area contributed by atoms with Gasteiger partial charge in [0.25, 0.3) is 0 Å². The lowest BCUT2D eigenvalue weighted by atomic mass is 10.2. The highest BCUT2D eigenvalue weighted by Gasteiger charge is 2.14. The first-order chi connectivity index (χ1) is 15.0. The fraction of sp³-hybridized carbons (Fsp3) is 0.227. The van der Waals surface area contributed by atoms with E-state index in [1.807, 2.05) is 13.8 Å². The van der Waals surface area contributed by atoms with Crippen molar-refractivity contribution in [2.24, 2.45) is 0 Å². The lowest BCUT2D eigenvalue weighted by Gasteiger charge is -2.13. The van der Waals surface area contributed by atoms with Crippen molar-refractivity contribution in [1.29, 1.82) is 0 Å². The second-order valence-corrected chi connectivity index (χ2v) is 7.40. The highest BCUT2D eigenvalue weighted by molar-refractivity contribution is 8.04. The third-order valence-corrected chi connectivity index (χ3v) is 5.01. The van der Waals surface area contributed by atoms with Crippen molar-refractivity contribution in [2.75, 3.05) is 6.61 Å². The van der Waals surface area contributed by atoms with Crippen LogP contribution in [-0.2, 0) is 17.8 Å². The second-order valence-electron chi connectivity index (χ2n) is 6.39. The number of aromatic nitrogens is 3. The first kappa shape index (κ1) is 22.4. The number of H-pyrrole nitrogens is 1. The SMILES string of the molecule is CCOc1cc(/C=C(\Sc2n[nH]c(CC)n2)C(=O)O)ccc1OCc1ccc(F)cc1. The van der Waals surface area contributed by atoms with Gasteiger partial charge < -0.3 is 14.6 Å². The molecule has 0 aliphatic carbocycles. The molecule has 0 spiro atoms. The predicted octanol–water partition coefficient (Wildman–Crippen LogP) is 4.70. The van der Waals surface area contributed by atoms with Gasteiger partial charge in [-0.05, 0) is 60.2 Å². The standard InChI is InChI=1S/C22H22FN3O4S/c1-3-20-24-22(26-25-20)31-19(21(27)28)12-15-7-10-17(18(11-15)29-4-2)30-13-14-5-8-16(23)9-6-14/h5-12H,3-4,13H2,1-2H3,(H,27,28)(H,24,25,26)/b19-12-. The first-order valence-corrected chi connectivity index (χ1v) is 10.5. The lowest BCUT2D eigenvalue weighted by Crippen LogP contribution is -2.01. The van der Waals surface area contributed by atoms with Gasteiger partial charge in [-0.25, -0.2) is 14.2 Å². The van der Waals surface area contributed by atoms with E-state index in [0.29, 0.717) is 41.1 Å². The number of aromatic amines is 1. The monoisotopic (exact) mass is 443 g/mol. The van der Waals surface area contributed by atoms with Crippen molar-refractivity contribution in [1.82, 2.24) is 15.2 Å². The topological polar surface area (TPSA) is 97.3 Å². The van der Waals surface area contributed by atoms with Gasteiger partial charge in [0.1, 0.15) is 23.2 Å². The Kier molecular flexibility index (Phi) is 7.66. The number of thioether (sulfide) groups is 1. The number of carboxylic acid groups (broad SMARTS) is 1. The summed E-state index contributed by atoms with van der Waals surface area (Å²) < 4.78 is 24.5. The molecular formula is C22H22FN3O4S. The predicted molar refractivity (Wildman–Crippen MR) is 116 cm³/mol. The van der Waals surface area contributed by atoms with E-state index in [-0.39, 0.29) is 17.3 Å². The Morgan fingerprint density at radius 1 is 1.16 bits per heavy atom. The summed E-state index contributed by atoms with van der Waals surface area (Å²) in [7, 11) is 0. The number of nitrogens with one attached hydrogen (secondary N) is 1. The summed E-state index contributed by atoms with van der Waals surface area (Å²) >= 11 is 0.965. The summed E-state index contributed by atoms with van der Waals surface area (Å²) in [5, 5.41) is 16.7. The molecule has 1 aromatic heterocycles. The molecule has 0 aliphatic rings. The number of halogens is 1. The zero-order valence-electron chi connectivity index (χ0n) is 17.1. The van der Waals surface area contributed by atoms with Gasteiger partial charge in [-0.15, -0.1) is 5.10 Å². The van der Waals surface area contributed by atoms with Crippen LogP contribution in [0.3, 0.4) is 0 Å². The highest BCUT2D eigenvalue weighted by Crippen LogP contribution is 2.32. The molecule has 0 fully saturated rings. The lowest BCUT2D eigenvalue weighted by molar-refractivity contribution is -0.131. The molecule has 2 N–H and O–H groups in total. The smallest absolute Gasteiger partial charge is 0.342 e. The average Bonchev–Trinajstić information content (AvgIpc) is 3.22. The van der Waals surface area contributed by atoms with Gasteiger partial charge in [0.2, 0.25) is 5.16 Å². The van der Waals surface area contributed by atoms with Gasteiger partial charge in [0.05, 0.1) is 6.61 Å². The molecule has 7 nitrogen and oxygen atoms in total. The largest absolute Gasteiger partial charge is 0.490 e. The fourth-order valence-electron chi connectivity index (χ4n) is 2.61. The molecule has 162 valence electrons. The van der Waals surface area contributed by atoms with Gasteiger partial charge in [0, 0.05) is 6.42 Å². The van der Waals surface area contributed by atoms with Crippen molar-refractivity contribution < 1.29 is 23.8 Å². The van der Waals surface area contributed by atoms with E-state index in [4.69, 9.17) is 9.47 Å². The van der Waals surface area contributed by atoms with Crippen LogP contribution in [-0.4, -0.2) is 32.9 Å². The molecule has 0 unspecified atom stereocenters. The summed E-state index contributed by atoms with van der Waals surface area (Å²) in [6.45, 7) is 4.44. The van der Waals surface area contributed by atoms with E-state index >= 15 is 0 Å². The molecule has 0 bridgehead atoms. The number of hydrogen-bond acceptors (Lipinski definition) is 6. The van der Waals surface area contributed by atoms with Crippen LogP contribution in [0.2, 0.25) is 0 Å². The van der Waals surface area contributed by atoms with Gasteiger partial charge in [-0.1, -0.05) is 25.1 Å². The Morgan fingerprint density at radius 3 is 2.58 bits per heavy atom. The molecule has 2 aromatic carbocycles. The quantitative estimate of drug-likeness (QED) is 0.346. The number of aliphatic carboxylic acids is 1. The minimum absolute atomic E-state index is 0.0732. The van der Waals surface area contributed by atoms with Gasteiger partial charge in [0.15, 0.2) is 11.5 Å². The molecule has 0 radical (unpaired) electrons. The average molecular weight is 444 g/mol. The number of nitrogens with zero attached hydrogens (tertiary/aromatic N) is 2. The Bertz CT molecular complexity index is 1070. The summed E-state index contributed by atoms with van der Waals surface area (Å²) in [5.41, 5.74) is 1.45. The fourth-order valence-corrected chi connectivity index (χ4v) is 3.34. The summed E-state index contributed by atoms with van der Waals surface area (Å²) in [6.07, 6.45) is 2.21. The number of carbonyl (C=O) groups is 1. The van der Waals surface area contributed by atoms with Crippen molar-refractivity contribution in [3.05, 3.63) is 70.1 Å². The van der Waals surface area contributed by atoms with Crippen LogP contribution in [0.5, 0.6) is 11.5 Å². The number of benzene rings is 2. The molecule has 0 aliphatic heterocycles. The minimum atomic E-state index is -1.08. The van der Waals surface area contributed by atoms with Crippen LogP contribution < -0.4 is 9.47 Å². The van der Waals surface area contributed by atoms with Crippen LogP contribution in [0.4, 0.5) is 4.39 Å². The highest BCUT2D eigenvalue weighted by atomic mass is 32.2. The maximum absolute atomic E-state index is 13.1. The number of rotatable bonds is 10. The normalized spacial score (nSPS) is 11.4. The summed E-state index contributed by atoms with van der Waals surface area (Å²) in [5.74, 6) is 0.294. The molecule has 0 atom stereocenters. The minimum Gasteiger partial charge on any atom is -0.490 e. The van der Waals surface area contributed by atoms with Crippen molar-refractivity contribution >= 4 is 23.8 Å². The van der Waals surface area contributed by atoms with Crippen LogP contribution >= 0.6 is 11.8 Å². The van der Waals surface area contributed by atoms with Crippen LogP contribution in [0.1, 0.15) is 30.8 Å². The van der Waals surface area contributed by atoms with Crippen LogP contribution in [0.15, 0.2) is 52.5 Å². The molecular weight excluding hydrogens is 421 g/mol. The Hall–Kier alpha value is -3.33. The maximum Gasteiger partial charge on any atom is 0.342 e. The van der Waals surface area contributed by atoms with Crippen LogP contribution in [0, 0.1) is 5.82 Å². The number of carboxylic acids is 1. The Labute approximate surface area is 183 Å². The van der Waals surface area contributed by atoms with Gasteiger partial charge in [-0.2, -0.15) is 0 Å². The van der Waals surface area contributed by atoms with Gasteiger partial charge >= 0.3 is 5.97 Å². The maximum atomic E-state index is 13.1. The Morgan fingerprint density at radius 2 is 1.94 bits per heavy atom. The number of aryl methyl sites for hydroxylation is 1. The second kappa shape index (κ2) is 10.6. The third-order valence-electron chi connectivity index (χ3n) is 4.13. The molecule has 0 saturated carbocycles. The zero-order chi connectivity index (χ0) is 22.2. The van der Waals surface area contributed by atoms with Gasteiger partial charge in [-0.3, -0.25) is 5.10 Å². The molecule has 9 heteroatoms. The van der Waals surface area contributed by atoms with E-state index < -0.39 is 5.97 Å². The molecule has 3 aromatic rings. The van der Waals surface area contributed by atoms with Crippen molar-refractivity contribution in [3.63, 3.8) is 0 Å². The first-order valence-electron chi connectivity index (χ1n) is 9.66. The van der Waals surface area contributed by atoms with E-state index in [0.717, 1.165) is 17.3 Å². The molecule has 1 heterocycles. The molecule has 0 saturated heterocycles. The molecule has 0 amide bonds. The Balaban J connectivity index is 1.79. The van der Waals surface area contributed by atoms with E-state index in [2.05, 4.69) is 15.2 Å². The van der Waals surface area contributed by atoms with E-state index in [1.54, 1.807) is 30.3 Å². The van der Waals surface area contributed by atoms with Crippen LogP contribution in [0.25, 0.3) is 6.08 Å². The molecule has 31 heavy (non-hydrogen) atoms. The molecule has 3 rings (SSSR count). The number of hydrogen-bond donors (Lipinski definition) is 2. The van der Waals surface area contributed by atoms with Crippen molar-refractivity contribution in [2.45, 2.75) is 32.0 Å². The van der Waals surface area contributed by atoms with Crippen molar-refractivity contribution in [3.8, 4) is 11.5 Å². The van der Waals surface area contributed by atoms with E-state index in [1.165, 1.54) is 18.2 Å². The van der Waals surface area contributed by atoms with E-state index in [9.17, 15) is 14.3 Å². The number of ether oxygens (including phenoxy) is 2. The third kappa shape index (κ3) is 6.32. The zero-order valence-corrected chi connectivity index (χ0v) is 17.9. The summed E-state index contributed by atoms with van der Waals surface area (Å²) in [6, 6.07) is 11.2.